The topological polar surface area (TPSA) is 65.5 Å². The molecule has 1 N–H and O–H groups in total. The highest BCUT2D eigenvalue weighted by atomic mass is 32.2. The Morgan fingerprint density at radius 2 is 1.70 bits per heavy atom. The Morgan fingerprint density at radius 3 is 2.40 bits per heavy atom. The largest absolute Gasteiger partial charge is 0.378 e. The third kappa shape index (κ3) is 4.42. The van der Waals surface area contributed by atoms with Crippen LogP contribution in [0.25, 0.3) is 10.9 Å². The maximum absolute atomic E-state index is 12.9. The van der Waals surface area contributed by atoms with Gasteiger partial charge in [-0.05, 0) is 60.9 Å². The van der Waals surface area contributed by atoms with Gasteiger partial charge in [0.05, 0.1) is 10.4 Å². The lowest BCUT2D eigenvalue weighted by Gasteiger charge is -2.25. The standard InChI is InChI=1S/C23H28N4O2S/c1-26(2)20-9-6-18(7-10-20)17-24-23-13-8-19-16-21(11-12-22(19)25-23)30(28,29)27-14-4-3-5-15-27/h6-13,16H,3-5,14-15,17H2,1-2H3,(H,24,25). The molecule has 1 aliphatic rings. The van der Waals surface area contributed by atoms with Crippen molar-refractivity contribution in [2.45, 2.75) is 30.7 Å². The highest BCUT2D eigenvalue weighted by molar-refractivity contribution is 7.89. The molecule has 6 nitrogen and oxygen atoms in total. The van der Waals surface area contributed by atoms with Crippen molar-refractivity contribution in [3.05, 3.63) is 60.2 Å². The summed E-state index contributed by atoms with van der Waals surface area (Å²) in [5, 5.41) is 4.17. The fourth-order valence-corrected chi connectivity index (χ4v) is 5.27. The zero-order chi connectivity index (χ0) is 21.1. The van der Waals surface area contributed by atoms with Crippen molar-refractivity contribution < 1.29 is 8.42 Å². The molecule has 30 heavy (non-hydrogen) atoms. The van der Waals surface area contributed by atoms with Crippen molar-refractivity contribution in [2.75, 3.05) is 37.4 Å². The molecule has 0 saturated carbocycles. The van der Waals surface area contributed by atoms with Crippen molar-refractivity contribution in [3.8, 4) is 0 Å². The van der Waals surface area contributed by atoms with E-state index in [2.05, 4.69) is 39.5 Å². The Bertz CT molecular complexity index is 1120. The Labute approximate surface area is 178 Å². The smallest absolute Gasteiger partial charge is 0.243 e. The molecule has 3 aromatic rings. The summed E-state index contributed by atoms with van der Waals surface area (Å²) in [6, 6.07) is 17.4. The quantitative estimate of drug-likeness (QED) is 0.646. The predicted molar refractivity (Wildman–Crippen MR) is 122 cm³/mol. The van der Waals surface area contributed by atoms with Gasteiger partial charge in [0.15, 0.2) is 0 Å². The Kier molecular flexibility index (Phi) is 5.92. The molecule has 2 heterocycles. The van der Waals surface area contributed by atoms with E-state index in [0.717, 1.165) is 41.7 Å². The van der Waals surface area contributed by atoms with Gasteiger partial charge < -0.3 is 10.2 Å². The first-order valence-electron chi connectivity index (χ1n) is 10.3. The number of rotatable bonds is 6. The molecule has 1 saturated heterocycles. The second-order valence-electron chi connectivity index (χ2n) is 7.93. The Hall–Kier alpha value is -2.64. The number of benzene rings is 2. The van der Waals surface area contributed by atoms with E-state index >= 15 is 0 Å². The number of anilines is 2. The third-order valence-electron chi connectivity index (χ3n) is 5.54. The summed E-state index contributed by atoms with van der Waals surface area (Å²) in [4.78, 5) is 7.06. The van der Waals surface area contributed by atoms with Crippen molar-refractivity contribution in [1.29, 1.82) is 0 Å². The molecule has 0 radical (unpaired) electrons. The van der Waals surface area contributed by atoms with Crippen LogP contribution in [0.1, 0.15) is 24.8 Å². The number of hydrogen-bond acceptors (Lipinski definition) is 5. The number of pyridine rings is 1. The van der Waals surface area contributed by atoms with Crippen LogP contribution in [0, 0.1) is 0 Å². The van der Waals surface area contributed by atoms with Crippen molar-refractivity contribution >= 4 is 32.4 Å². The summed E-state index contributed by atoms with van der Waals surface area (Å²) < 4.78 is 27.4. The van der Waals surface area contributed by atoms with E-state index in [-0.39, 0.29) is 0 Å². The van der Waals surface area contributed by atoms with Gasteiger partial charge in [-0.25, -0.2) is 13.4 Å². The molecule has 2 aromatic carbocycles. The lowest BCUT2D eigenvalue weighted by Crippen LogP contribution is -2.35. The van der Waals surface area contributed by atoms with Crippen LogP contribution in [0.4, 0.5) is 11.5 Å². The molecule has 0 amide bonds. The lowest BCUT2D eigenvalue weighted by atomic mass is 10.2. The summed E-state index contributed by atoms with van der Waals surface area (Å²) in [6.07, 6.45) is 2.96. The molecule has 0 unspecified atom stereocenters. The Balaban J connectivity index is 1.49. The van der Waals surface area contributed by atoms with Crippen LogP contribution in [0.3, 0.4) is 0 Å². The number of sulfonamides is 1. The minimum atomic E-state index is -3.43. The molecule has 1 aromatic heterocycles. The van der Waals surface area contributed by atoms with E-state index in [1.165, 1.54) is 5.56 Å². The fourth-order valence-electron chi connectivity index (χ4n) is 3.72. The third-order valence-corrected chi connectivity index (χ3v) is 7.43. The van der Waals surface area contributed by atoms with E-state index in [1.54, 1.807) is 22.5 Å². The zero-order valence-corrected chi connectivity index (χ0v) is 18.3. The van der Waals surface area contributed by atoms with E-state index < -0.39 is 10.0 Å². The van der Waals surface area contributed by atoms with Gasteiger partial charge in [-0.2, -0.15) is 4.31 Å². The summed E-state index contributed by atoms with van der Waals surface area (Å²) in [6.45, 7) is 1.89. The first-order chi connectivity index (χ1) is 14.4. The van der Waals surface area contributed by atoms with Crippen molar-refractivity contribution in [1.82, 2.24) is 9.29 Å². The van der Waals surface area contributed by atoms with Crippen molar-refractivity contribution in [2.24, 2.45) is 0 Å². The average molecular weight is 425 g/mol. The van der Waals surface area contributed by atoms with Gasteiger partial charge in [0, 0.05) is 44.8 Å². The van der Waals surface area contributed by atoms with Crippen LogP contribution < -0.4 is 10.2 Å². The maximum atomic E-state index is 12.9. The van der Waals surface area contributed by atoms with Gasteiger partial charge in [0.2, 0.25) is 10.0 Å². The van der Waals surface area contributed by atoms with E-state index in [1.807, 2.05) is 26.2 Å². The van der Waals surface area contributed by atoms with E-state index in [4.69, 9.17) is 0 Å². The fraction of sp³-hybridized carbons (Fsp3) is 0.348. The summed E-state index contributed by atoms with van der Waals surface area (Å²) in [5.41, 5.74) is 3.11. The second-order valence-corrected chi connectivity index (χ2v) is 9.87. The summed E-state index contributed by atoms with van der Waals surface area (Å²) in [5.74, 6) is 0.769. The normalized spacial score (nSPS) is 15.3. The second kappa shape index (κ2) is 8.62. The van der Waals surface area contributed by atoms with Crippen LogP contribution in [-0.4, -0.2) is 44.9 Å². The molecule has 4 rings (SSSR count). The SMILES string of the molecule is CN(C)c1ccc(CNc2ccc3cc(S(=O)(=O)N4CCCCC4)ccc3n2)cc1. The highest BCUT2D eigenvalue weighted by Crippen LogP contribution is 2.24. The molecular formula is C23H28N4O2S. The van der Waals surface area contributed by atoms with E-state index in [9.17, 15) is 8.42 Å². The van der Waals surface area contributed by atoms with Crippen LogP contribution in [0.15, 0.2) is 59.5 Å². The number of aromatic nitrogens is 1. The number of nitrogens with one attached hydrogen (secondary N) is 1. The summed E-state index contributed by atoms with van der Waals surface area (Å²) >= 11 is 0. The lowest BCUT2D eigenvalue weighted by molar-refractivity contribution is 0.346. The molecule has 0 bridgehead atoms. The maximum Gasteiger partial charge on any atom is 0.243 e. The van der Waals surface area contributed by atoms with Crippen LogP contribution in [0.2, 0.25) is 0 Å². The number of nitrogens with zero attached hydrogens (tertiary/aromatic N) is 3. The highest BCUT2D eigenvalue weighted by Gasteiger charge is 2.26. The molecule has 0 spiro atoms. The monoisotopic (exact) mass is 424 g/mol. The minimum Gasteiger partial charge on any atom is -0.378 e. The first kappa shape index (κ1) is 20.6. The van der Waals surface area contributed by atoms with Gasteiger partial charge >= 0.3 is 0 Å². The van der Waals surface area contributed by atoms with Gasteiger partial charge in [-0.3, -0.25) is 0 Å². The van der Waals surface area contributed by atoms with Gasteiger partial charge in [-0.15, -0.1) is 0 Å². The number of hydrogen-bond donors (Lipinski definition) is 1. The van der Waals surface area contributed by atoms with Gasteiger partial charge in [0.25, 0.3) is 0 Å². The van der Waals surface area contributed by atoms with Crippen LogP contribution in [-0.2, 0) is 16.6 Å². The predicted octanol–water partition coefficient (Wildman–Crippen LogP) is 4.09. The Morgan fingerprint density at radius 1 is 0.967 bits per heavy atom. The number of piperidine rings is 1. The first-order valence-corrected chi connectivity index (χ1v) is 11.8. The van der Waals surface area contributed by atoms with Crippen molar-refractivity contribution in [3.63, 3.8) is 0 Å². The van der Waals surface area contributed by atoms with Crippen LogP contribution >= 0.6 is 0 Å². The summed E-state index contributed by atoms with van der Waals surface area (Å²) in [7, 11) is 0.613. The molecule has 1 fully saturated rings. The van der Waals surface area contributed by atoms with Crippen LogP contribution in [0.5, 0.6) is 0 Å². The average Bonchev–Trinajstić information content (AvgIpc) is 2.78. The molecular weight excluding hydrogens is 396 g/mol. The number of fused-ring (bicyclic) bond motifs is 1. The minimum absolute atomic E-state index is 0.348. The van der Waals surface area contributed by atoms with Gasteiger partial charge in [-0.1, -0.05) is 18.6 Å². The zero-order valence-electron chi connectivity index (χ0n) is 17.5. The van der Waals surface area contributed by atoms with Gasteiger partial charge in [0.1, 0.15) is 5.82 Å². The molecule has 158 valence electrons. The molecule has 7 heteroatoms. The molecule has 0 atom stereocenters. The molecule has 1 aliphatic heterocycles. The molecule has 0 aliphatic carbocycles. The van der Waals surface area contributed by atoms with E-state index in [0.29, 0.717) is 24.5 Å².